The van der Waals surface area contributed by atoms with Crippen LogP contribution in [0.15, 0.2) is 39.5 Å². The molecule has 2 aromatic rings. The second-order valence-electron chi connectivity index (χ2n) is 3.49. The van der Waals surface area contributed by atoms with Crippen LogP contribution >= 0.6 is 38.9 Å². The lowest BCUT2D eigenvalue weighted by Gasteiger charge is -2.03. The fraction of sp³-hybridized carbons (Fsp3) is 0.167. The Hall–Kier alpha value is -0.350. The van der Waals surface area contributed by atoms with E-state index in [4.69, 9.17) is 11.6 Å². The van der Waals surface area contributed by atoms with Crippen molar-refractivity contribution < 1.29 is 0 Å². The molecule has 1 aromatic heterocycles. The summed E-state index contributed by atoms with van der Waals surface area (Å²) in [7, 11) is 0. The van der Waals surface area contributed by atoms with E-state index in [1.54, 1.807) is 11.3 Å². The highest BCUT2D eigenvalue weighted by atomic mass is 79.9. The molecule has 0 atom stereocenters. The van der Waals surface area contributed by atoms with Crippen molar-refractivity contribution in [1.29, 1.82) is 0 Å². The summed E-state index contributed by atoms with van der Waals surface area (Å²) in [5.41, 5.74) is 2.56. The summed E-state index contributed by atoms with van der Waals surface area (Å²) >= 11 is 11.0. The lowest BCUT2D eigenvalue weighted by molar-refractivity contribution is 0.695. The van der Waals surface area contributed by atoms with Crippen LogP contribution in [0.1, 0.15) is 11.1 Å². The Morgan fingerprint density at radius 1 is 1.12 bits per heavy atom. The van der Waals surface area contributed by atoms with Crippen LogP contribution in [0, 0.1) is 0 Å². The second-order valence-corrected chi connectivity index (χ2v) is 6.22. The third-order valence-electron chi connectivity index (χ3n) is 2.19. The smallest absolute Gasteiger partial charge is 0.0701 e. The lowest BCUT2D eigenvalue weighted by Crippen LogP contribution is -2.11. The van der Waals surface area contributed by atoms with Gasteiger partial charge in [0.2, 0.25) is 0 Å². The number of halogens is 2. The maximum atomic E-state index is 5.82. The average molecular weight is 317 g/mol. The molecule has 4 heteroatoms. The first-order chi connectivity index (χ1) is 7.74. The molecule has 0 radical (unpaired) electrons. The molecule has 0 fully saturated rings. The number of benzene rings is 1. The van der Waals surface area contributed by atoms with E-state index in [1.165, 1.54) is 14.9 Å². The molecule has 0 unspecified atom stereocenters. The van der Waals surface area contributed by atoms with Gasteiger partial charge in [-0.15, -0.1) is 11.3 Å². The van der Waals surface area contributed by atoms with E-state index in [-0.39, 0.29) is 0 Å². The zero-order valence-corrected chi connectivity index (χ0v) is 11.7. The highest BCUT2D eigenvalue weighted by Crippen LogP contribution is 2.20. The minimum absolute atomic E-state index is 0.783. The Morgan fingerprint density at radius 2 is 1.81 bits per heavy atom. The number of thiophene rings is 1. The first-order valence-electron chi connectivity index (χ1n) is 4.92. The standard InChI is InChI=1S/C12H11BrClNS/c13-12-5-10(8-16-12)7-15-6-9-1-3-11(14)4-2-9/h1-5,8,15H,6-7H2. The van der Waals surface area contributed by atoms with E-state index < -0.39 is 0 Å². The molecule has 84 valence electrons. The third kappa shape index (κ3) is 3.59. The summed E-state index contributed by atoms with van der Waals surface area (Å²) in [6, 6.07) is 10.1. The molecular formula is C12H11BrClNS. The molecule has 16 heavy (non-hydrogen) atoms. The van der Waals surface area contributed by atoms with Crippen LogP contribution in [0.4, 0.5) is 0 Å². The van der Waals surface area contributed by atoms with Crippen LogP contribution in [-0.4, -0.2) is 0 Å². The first kappa shape index (κ1) is 12.1. The van der Waals surface area contributed by atoms with Crippen LogP contribution in [0.2, 0.25) is 5.02 Å². The van der Waals surface area contributed by atoms with Gasteiger partial charge in [0.15, 0.2) is 0 Å². The quantitative estimate of drug-likeness (QED) is 0.878. The van der Waals surface area contributed by atoms with Gasteiger partial charge in [-0.05, 0) is 50.6 Å². The summed E-state index contributed by atoms with van der Waals surface area (Å²) in [5, 5.41) is 6.33. The van der Waals surface area contributed by atoms with Gasteiger partial charge in [-0.2, -0.15) is 0 Å². The minimum Gasteiger partial charge on any atom is -0.309 e. The lowest BCUT2D eigenvalue weighted by atomic mass is 10.2. The predicted molar refractivity (Wildman–Crippen MR) is 74.0 cm³/mol. The van der Waals surface area contributed by atoms with Crippen LogP contribution in [0.3, 0.4) is 0 Å². The Morgan fingerprint density at radius 3 is 2.44 bits per heavy atom. The minimum atomic E-state index is 0.783. The van der Waals surface area contributed by atoms with Gasteiger partial charge in [-0.25, -0.2) is 0 Å². The van der Waals surface area contributed by atoms with Crippen LogP contribution in [0.5, 0.6) is 0 Å². The average Bonchev–Trinajstić information content (AvgIpc) is 2.67. The molecule has 0 spiro atoms. The van der Waals surface area contributed by atoms with Gasteiger partial charge in [-0.1, -0.05) is 23.7 Å². The van der Waals surface area contributed by atoms with Gasteiger partial charge in [0.25, 0.3) is 0 Å². The van der Waals surface area contributed by atoms with Gasteiger partial charge in [0.05, 0.1) is 3.79 Å². The number of hydrogen-bond acceptors (Lipinski definition) is 2. The van der Waals surface area contributed by atoms with Crippen molar-refractivity contribution >= 4 is 38.9 Å². The SMILES string of the molecule is Clc1ccc(CNCc2csc(Br)c2)cc1. The molecule has 0 saturated carbocycles. The summed E-state index contributed by atoms with van der Waals surface area (Å²) in [5.74, 6) is 0. The summed E-state index contributed by atoms with van der Waals surface area (Å²) < 4.78 is 1.18. The van der Waals surface area contributed by atoms with Crippen LogP contribution in [0.25, 0.3) is 0 Å². The number of hydrogen-bond donors (Lipinski definition) is 1. The molecule has 0 aliphatic heterocycles. The van der Waals surface area contributed by atoms with Gasteiger partial charge in [-0.3, -0.25) is 0 Å². The molecule has 1 heterocycles. The Kier molecular flexibility index (Phi) is 4.41. The van der Waals surface area contributed by atoms with Gasteiger partial charge in [0.1, 0.15) is 0 Å². The van der Waals surface area contributed by atoms with E-state index in [1.807, 2.05) is 24.3 Å². The Labute approximate surface area is 113 Å². The van der Waals surface area contributed by atoms with E-state index in [0.717, 1.165) is 18.1 Å². The van der Waals surface area contributed by atoms with Crippen molar-refractivity contribution in [2.45, 2.75) is 13.1 Å². The molecule has 1 nitrogen and oxygen atoms in total. The van der Waals surface area contributed by atoms with E-state index in [9.17, 15) is 0 Å². The van der Waals surface area contributed by atoms with Crippen molar-refractivity contribution in [3.8, 4) is 0 Å². The highest BCUT2D eigenvalue weighted by molar-refractivity contribution is 9.11. The molecule has 1 aromatic carbocycles. The molecular weight excluding hydrogens is 306 g/mol. The first-order valence-corrected chi connectivity index (χ1v) is 6.97. The monoisotopic (exact) mass is 315 g/mol. The summed E-state index contributed by atoms with van der Waals surface area (Å²) in [6.07, 6.45) is 0. The molecule has 0 saturated heterocycles. The Balaban J connectivity index is 1.82. The fourth-order valence-electron chi connectivity index (χ4n) is 1.39. The highest BCUT2D eigenvalue weighted by Gasteiger charge is 1.97. The van der Waals surface area contributed by atoms with Crippen LogP contribution in [-0.2, 0) is 13.1 Å². The maximum absolute atomic E-state index is 5.82. The molecule has 0 aliphatic carbocycles. The zero-order chi connectivity index (χ0) is 11.4. The van der Waals surface area contributed by atoms with Crippen molar-refractivity contribution in [2.24, 2.45) is 0 Å². The van der Waals surface area contributed by atoms with Crippen LogP contribution < -0.4 is 5.32 Å². The second kappa shape index (κ2) is 5.82. The summed E-state index contributed by atoms with van der Waals surface area (Å²) in [6.45, 7) is 1.76. The summed E-state index contributed by atoms with van der Waals surface area (Å²) in [4.78, 5) is 0. The molecule has 0 amide bonds. The fourth-order valence-corrected chi connectivity index (χ4v) is 2.73. The zero-order valence-electron chi connectivity index (χ0n) is 8.54. The molecule has 1 N–H and O–H groups in total. The van der Waals surface area contributed by atoms with Crippen molar-refractivity contribution in [3.63, 3.8) is 0 Å². The van der Waals surface area contributed by atoms with Gasteiger partial charge in [0, 0.05) is 18.1 Å². The van der Waals surface area contributed by atoms with E-state index in [2.05, 4.69) is 32.7 Å². The van der Waals surface area contributed by atoms with Crippen molar-refractivity contribution in [1.82, 2.24) is 5.32 Å². The molecule has 0 aliphatic rings. The van der Waals surface area contributed by atoms with E-state index in [0.29, 0.717) is 0 Å². The van der Waals surface area contributed by atoms with Gasteiger partial charge >= 0.3 is 0 Å². The number of nitrogens with one attached hydrogen (secondary N) is 1. The molecule has 0 bridgehead atoms. The topological polar surface area (TPSA) is 12.0 Å². The van der Waals surface area contributed by atoms with Crippen molar-refractivity contribution in [3.05, 3.63) is 55.6 Å². The predicted octanol–water partition coefficient (Wildman–Crippen LogP) is 4.45. The third-order valence-corrected chi connectivity index (χ3v) is 4.00. The maximum Gasteiger partial charge on any atom is 0.0701 e. The Bertz CT molecular complexity index is 452. The number of rotatable bonds is 4. The van der Waals surface area contributed by atoms with E-state index >= 15 is 0 Å². The van der Waals surface area contributed by atoms with Gasteiger partial charge < -0.3 is 5.32 Å². The van der Waals surface area contributed by atoms with Crippen molar-refractivity contribution in [2.75, 3.05) is 0 Å². The molecule has 2 rings (SSSR count). The largest absolute Gasteiger partial charge is 0.309 e. The normalized spacial score (nSPS) is 10.6.